The van der Waals surface area contributed by atoms with Crippen LogP contribution in [0.4, 0.5) is 5.69 Å². The number of hydrogen-bond donors (Lipinski definition) is 2. The number of likely N-dealkylation sites (tertiary alicyclic amines) is 1. The molecule has 0 radical (unpaired) electrons. The molecule has 1 aliphatic rings. The van der Waals surface area contributed by atoms with Gasteiger partial charge in [0.05, 0.1) is 0 Å². The Labute approximate surface area is 168 Å². The second kappa shape index (κ2) is 8.38. The van der Waals surface area contributed by atoms with Crippen LogP contribution in [0.1, 0.15) is 29.9 Å². The molecule has 1 aliphatic heterocycles. The van der Waals surface area contributed by atoms with Crippen molar-refractivity contribution in [1.29, 1.82) is 0 Å². The summed E-state index contributed by atoms with van der Waals surface area (Å²) in [5.74, 6) is 0.340. The fourth-order valence-electron chi connectivity index (χ4n) is 4.29. The number of hydrogen-bond acceptors (Lipinski definition) is 3. The van der Waals surface area contributed by atoms with E-state index >= 15 is 0 Å². The number of nitrogens with zero attached hydrogens (tertiary/aromatic N) is 2. The summed E-state index contributed by atoms with van der Waals surface area (Å²) in [6, 6.07) is 18.3. The van der Waals surface area contributed by atoms with Gasteiger partial charge in [0.25, 0.3) is 0 Å². The number of piperidine rings is 1. The number of benzene rings is 2. The Hall–Kier alpha value is -2.30. The lowest BCUT2D eigenvalue weighted by atomic mass is 9.90. The third-order valence-electron chi connectivity index (χ3n) is 6.14. The smallest absolute Gasteiger partial charge is 0.0457 e. The van der Waals surface area contributed by atoms with Crippen LogP contribution >= 0.6 is 0 Å². The maximum atomic E-state index is 3.88. The van der Waals surface area contributed by atoms with Gasteiger partial charge in [-0.2, -0.15) is 0 Å². The molecule has 3 aromatic rings. The summed E-state index contributed by atoms with van der Waals surface area (Å²) in [7, 11) is 6.40. The third kappa shape index (κ3) is 4.08. The molecule has 1 unspecified atom stereocenters. The Balaban J connectivity index is 1.61. The zero-order valence-corrected chi connectivity index (χ0v) is 17.3. The van der Waals surface area contributed by atoms with Gasteiger partial charge in [-0.25, -0.2) is 0 Å². The lowest BCUT2D eigenvalue weighted by molar-refractivity contribution is 0.234. The highest BCUT2D eigenvalue weighted by molar-refractivity contribution is 5.84. The van der Waals surface area contributed by atoms with Crippen LogP contribution in [-0.4, -0.2) is 56.7 Å². The van der Waals surface area contributed by atoms with Gasteiger partial charge in [0.2, 0.25) is 0 Å². The van der Waals surface area contributed by atoms with E-state index in [1.54, 1.807) is 0 Å². The first-order valence-electron chi connectivity index (χ1n) is 10.4. The Bertz CT molecular complexity index is 888. The lowest BCUT2D eigenvalue weighted by Crippen LogP contribution is -2.42. The van der Waals surface area contributed by atoms with Crippen molar-refractivity contribution in [3.63, 3.8) is 0 Å². The molecule has 2 aromatic carbocycles. The molecule has 0 spiro atoms. The number of H-pyrrole nitrogens is 1. The summed E-state index contributed by atoms with van der Waals surface area (Å²) in [5, 5.41) is 5.21. The van der Waals surface area contributed by atoms with Crippen LogP contribution in [0.2, 0.25) is 0 Å². The van der Waals surface area contributed by atoms with Gasteiger partial charge in [0.1, 0.15) is 0 Å². The number of nitrogens with one attached hydrogen (secondary N) is 2. The van der Waals surface area contributed by atoms with Crippen LogP contribution in [0, 0.1) is 0 Å². The van der Waals surface area contributed by atoms with Gasteiger partial charge in [0, 0.05) is 55.4 Å². The molecular formula is C24H32N4. The molecule has 4 nitrogen and oxygen atoms in total. The van der Waals surface area contributed by atoms with Crippen molar-refractivity contribution in [3.05, 3.63) is 65.9 Å². The number of para-hydroxylation sites is 1. The van der Waals surface area contributed by atoms with Gasteiger partial charge >= 0.3 is 0 Å². The SMILES string of the molecule is CN1CCC(NCC(c2ccc(N(C)C)cc2)c2c[nH]c3ccccc23)CC1. The van der Waals surface area contributed by atoms with Crippen molar-refractivity contribution in [1.82, 2.24) is 15.2 Å². The van der Waals surface area contributed by atoms with E-state index in [1.807, 2.05) is 0 Å². The number of aromatic nitrogens is 1. The molecule has 0 aliphatic carbocycles. The first kappa shape index (κ1) is 19.0. The van der Waals surface area contributed by atoms with Crippen molar-refractivity contribution >= 4 is 16.6 Å². The zero-order valence-electron chi connectivity index (χ0n) is 17.3. The highest BCUT2D eigenvalue weighted by Gasteiger charge is 2.22. The molecule has 2 heterocycles. The first-order chi connectivity index (χ1) is 13.6. The average Bonchev–Trinajstić information content (AvgIpc) is 3.14. The van der Waals surface area contributed by atoms with Crippen molar-refractivity contribution in [2.45, 2.75) is 24.8 Å². The van der Waals surface area contributed by atoms with E-state index < -0.39 is 0 Å². The van der Waals surface area contributed by atoms with Crippen molar-refractivity contribution in [2.75, 3.05) is 45.7 Å². The molecule has 0 bridgehead atoms. The molecule has 2 N–H and O–H groups in total. The van der Waals surface area contributed by atoms with Gasteiger partial charge in [-0.05, 0) is 62.3 Å². The van der Waals surface area contributed by atoms with Crippen molar-refractivity contribution in [3.8, 4) is 0 Å². The molecule has 0 amide bonds. The molecule has 1 atom stereocenters. The Morgan fingerprint density at radius 1 is 1.07 bits per heavy atom. The second-order valence-electron chi connectivity index (χ2n) is 8.31. The maximum Gasteiger partial charge on any atom is 0.0457 e. The Morgan fingerprint density at radius 2 is 1.79 bits per heavy atom. The van der Waals surface area contributed by atoms with Crippen molar-refractivity contribution in [2.24, 2.45) is 0 Å². The molecular weight excluding hydrogens is 344 g/mol. The minimum Gasteiger partial charge on any atom is -0.378 e. The highest BCUT2D eigenvalue weighted by Crippen LogP contribution is 2.31. The second-order valence-corrected chi connectivity index (χ2v) is 8.31. The number of fused-ring (bicyclic) bond motifs is 1. The zero-order chi connectivity index (χ0) is 19.5. The predicted molar refractivity (Wildman–Crippen MR) is 119 cm³/mol. The van der Waals surface area contributed by atoms with Crippen LogP contribution < -0.4 is 10.2 Å². The summed E-state index contributed by atoms with van der Waals surface area (Å²) in [4.78, 5) is 8.05. The van der Waals surface area contributed by atoms with Crippen LogP contribution in [0.15, 0.2) is 54.7 Å². The molecule has 148 valence electrons. The predicted octanol–water partition coefficient (Wildman–Crippen LogP) is 4.05. The fraction of sp³-hybridized carbons (Fsp3) is 0.417. The van der Waals surface area contributed by atoms with Gasteiger partial charge in [-0.3, -0.25) is 0 Å². The highest BCUT2D eigenvalue weighted by atomic mass is 15.1. The molecule has 28 heavy (non-hydrogen) atoms. The van der Waals surface area contributed by atoms with E-state index in [1.165, 1.54) is 53.6 Å². The summed E-state index contributed by atoms with van der Waals surface area (Å²) >= 11 is 0. The van der Waals surface area contributed by atoms with Crippen LogP contribution in [-0.2, 0) is 0 Å². The van der Waals surface area contributed by atoms with E-state index in [2.05, 4.69) is 96.0 Å². The number of aromatic amines is 1. The van der Waals surface area contributed by atoms with Crippen molar-refractivity contribution < 1.29 is 0 Å². The van der Waals surface area contributed by atoms with Crippen LogP contribution in [0.3, 0.4) is 0 Å². The number of anilines is 1. The van der Waals surface area contributed by atoms with Crippen LogP contribution in [0.25, 0.3) is 10.9 Å². The van der Waals surface area contributed by atoms with E-state index in [0.29, 0.717) is 12.0 Å². The van der Waals surface area contributed by atoms with Gasteiger partial charge < -0.3 is 20.1 Å². The largest absolute Gasteiger partial charge is 0.378 e. The van der Waals surface area contributed by atoms with E-state index in [4.69, 9.17) is 0 Å². The average molecular weight is 377 g/mol. The minimum atomic E-state index is 0.340. The standard InChI is InChI=1S/C24H32N4/c1-27(2)20-10-8-18(9-11-20)22(16-25-19-12-14-28(3)15-13-19)23-17-26-24-7-5-4-6-21(23)24/h4-11,17,19,22,25-26H,12-16H2,1-3H3. The monoisotopic (exact) mass is 376 g/mol. The summed E-state index contributed by atoms with van der Waals surface area (Å²) in [6.45, 7) is 3.34. The summed E-state index contributed by atoms with van der Waals surface area (Å²) in [5.41, 5.74) is 5.21. The van der Waals surface area contributed by atoms with Gasteiger partial charge in [-0.1, -0.05) is 30.3 Å². The molecule has 1 aromatic heterocycles. The third-order valence-corrected chi connectivity index (χ3v) is 6.14. The van der Waals surface area contributed by atoms with Gasteiger partial charge in [-0.15, -0.1) is 0 Å². The maximum absolute atomic E-state index is 3.88. The molecule has 1 saturated heterocycles. The fourth-order valence-corrected chi connectivity index (χ4v) is 4.29. The normalized spacial score (nSPS) is 17.1. The Kier molecular flexibility index (Phi) is 5.69. The van der Waals surface area contributed by atoms with E-state index in [-0.39, 0.29) is 0 Å². The quantitative estimate of drug-likeness (QED) is 0.681. The van der Waals surface area contributed by atoms with E-state index in [9.17, 15) is 0 Å². The lowest BCUT2D eigenvalue weighted by Gasteiger charge is -2.31. The molecule has 1 fully saturated rings. The van der Waals surface area contributed by atoms with Gasteiger partial charge in [0.15, 0.2) is 0 Å². The molecule has 4 rings (SSSR count). The first-order valence-corrected chi connectivity index (χ1v) is 10.4. The number of rotatable bonds is 6. The molecule has 4 heteroatoms. The summed E-state index contributed by atoms with van der Waals surface area (Å²) < 4.78 is 0. The van der Waals surface area contributed by atoms with Crippen LogP contribution in [0.5, 0.6) is 0 Å². The van der Waals surface area contributed by atoms with E-state index in [0.717, 1.165) is 6.54 Å². The molecule has 0 saturated carbocycles. The minimum absolute atomic E-state index is 0.340. The Morgan fingerprint density at radius 3 is 2.50 bits per heavy atom. The topological polar surface area (TPSA) is 34.3 Å². The summed E-state index contributed by atoms with van der Waals surface area (Å²) in [6.07, 6.45) is 4.67.